The Morgan fingerprint density at radius 1 is 1.14 bits per heavy atom. The Balaban J connectivity index is 1.36. The van der Waals surface area contributed by atoms with Crippen LogP contribution in [0.2, 0.25) is 0 Å². The normalized spacial score (nSPS) is 14.8. The molecule has 0 spiro atoms. The Morgan fingerprint density at radius 3 is 2.66 bits per heavy atom. The van der Waals surface area contributed by atoms with Crippen molar-refractivity contribution in [1.82, 2.24) is 9.29 Å². The summed E-state index contributed by atoms with van der Waals surface area (Å²) in [6.07, 6.45) is 5.03. The summed E-state index contributed by atoms with van der Waals surface area (Å²) in [5, 5.41) is 2.55. The first-order valence-corrected chi connectivity index (χ1v) is 12.5. The highest BCUT2D eigenvalue weighted by Crippen LogP contribution is 2.31. The van der Waals surface area contributed by atoms with Crippen molar-refractivity contribution >= 4 is 44.8 Å². The van der Waals surface area contributed by atoms with Crippen LogP contribution in [-0.2, 0) is 24.3 Å². The maximum atomic E-state index is 13.1. The molecule has 1 aliphatic rings. The van der Waals surface area contributed by atoms with Gasteiger partial charge in [0.05, 0.1) is 7.11 Å². The zero-order valence-electron chi connectivity index (χ0n) is 19.1. The SMILES string of the molecule is COc1ccc(NC(=O)COC(=O)/C=C/c2nc3ccccc3o2)cc1S(=O)(=O)N1CCCCC1. The summed E-state index contributed by atoms with van der Waals surface area (Å²) in [6.45, 7) is 0.321. The lowest BCUT2D eigenvalue weighted by molar-refractivity contribution is -0.142. The van der Waals surface area contributed by atoms with Gasteiger partial charge in [0.15, 0.2) is 12.2 Å². The Morgan fingerprint density at radius 2 is 1.91 bits per heavy atom. The van der Waals surface area contributed by atoms with E-state index in [2.05, 4.69) is 10.3 Å². The van der Waals surface area contributed by atoms with Crippen LogP contribution in [0.25, 0.3) is 17.2 Å². The molecule has 2 heterocycles. The van der Waals surface area contributed by atoms with E-state index in [4.69, 9.17) is 13.9 Å². The van der Waals surface area contributed by atoms with Gasteiger partial charge in [-0.2, -0.15) is 4.31 Å². The molecule has 3 aromatic rings. The summed E-state index contributed by atoms with van der Waals surface area (Å²) in [5.74, 6) is -0.969. The van der Waals surface area contributed by atoms with Crippen LogP contribution in [0.3, 0.4) is 0 Å². The summed E-state index contributed by atoms with van der Waals surface area (Å²) in [7, 11) is -2.40. The molecule has 0 aliphatic carbocycles. The van der Waals surface area contributed by atoms with E-state index < -0.39 is 28.5 Å². The van der Waals surface area contributed by atoms with Crippen molar-refractivity contribution in [3.63, 3.8) is 0 Å². The Bertz CT molecular complexity index is 1330. The summed E-state index contributed by atoms with van der Waals surface area (Å²) in [4.78, 5) is 28.4. The molecule has 0 unspecified atom stereocenters. The molecule has 0 saturated carbocycles. The zero-order valence-corrected chi connectivity index (χ0v) is 19.9. The molecular weight excluding hydrogens is 474 g/mol. The van der Waals surface area contributed by atoms with Gasteiger partial charge in [0.25, 0.3) is 5.91 Å². The molecule has 10 nitrogen and oxygen atoms in total. The van der Waals surface area contributed by atoms with Gasteiger partial charge in [-0.25, -0.2) is 18.2 Å². The van der Waals surface area contributed by atoms with Gasteiger partial charge < -0.3 is 19.2 Å². The average Bonchev–Trinajstić information content (AvgIpc) is 3.30. The number of para-hydroxylation sites is 2. The number of hydrogen-bond acceptors (Lipinski definition) is 8. The molecule has 0 bridgehead atoms. The predicted octanol–water partition coefficient (Wildman–Crippen LogP) is 3.21. The second-order valence-electron chi connectivity index (χ2n) is 7.84. The van der Waals surface area contributed by atoms with Crippen molar-refractivity contribution in [2.24, 2.45) is 0 Å². The molecule has 1 N–H and O–H groups in total. The number of benzene rings is 2. The number of sulfonamides is 1. The number of aromatic nitrogens is 1. The van der Waals surface area contributed by atoms with Gasteiger partial charge in [-0.1, -0.05) is 18.6 Å². The van der Waals surface area contributed by atoms with Crippen LogP contribution in [0.15, 0.2) is 57.9 Å². The predicted molar refractivity (Wildman–Crippen MR) is 128 cm³/mol. The number of hydrogen-bond donors (Lipinski definition) is 1. The maximum absolute atomic E-state index is 13.1. The van der Waals surface area contributed by atoms with Crippen molar-refractivity contribution in [1.29, 1.82) is 0 Å². The van der Waals surface area contributed by atoms with E-state index >= 15 is 0 Å². The zero-order chi connectivity index (χ0) is 24.8. The monoisotopic (exact) mass is 499 g/mol. The molecule has 4 rings (SSSR count). The summed E-state index contributed by atoms with van der Waals surface area (Å²) in [6, 6.07) is 11.5. The largest absolute Gasteiger partial charge is 0.495 e. The van der Waals surface area contributed by atoms with Crippen molar-refractivity contribution in [3.8, 4) is 5.75 Å². The van der Waals surface area contributed by atoms with E-state index in [-0.39, 0.29) is 22.2 Å². The van der Waals surface area contributed by atoms with Gasteiger partial charge in [-0.3, -0.25) is 4.79 Å². The van der Waals surface area contributed by atoms with E-state index in [0.717, 1.165) is 25.3 Å². The van der Waals surface area contributed by atoms with Crippen LogP contribution < -0.4 is 10.1 Å². The number of carbonyl (C=O) groups is 2. The molecule has 1 fully saturated rings. The van der Waals surface area contributed by atoms with Crippen molar-refractivity contribution in [3.05, 3.63) is 54.4 Å². The van der Waals surface area contributed by atoms with Crippen LogP contribution in [0, 0.1) is 0 Å². The quantitative estimate of drug-likeness (QED) is 0.370. The van der Waals surface area contributed by atoms with Crippen LogP contribution in [0.4, 0.5) is 5.69 Å². The van der Waals surface area contributed by atoms with E-state index in [9.17, 15) is 18.0 Å². The van der Waals surface area contributed by atoms with Gasteiger partial charge >= 0.3 is 5.97 Å². The lowest BCUT2D eigenvalue weighted by Gasteiger charge is -2.26. The van der Waals surface area contributed by atoms with Gasteiger partial charge in [0.2, 0.25) is 15.9 Å². The molecular formula is C24H25N3O7S. The minimum Gasteiger partial charge on any atom is -0.495 e. The summed E-state index contributed by atoms with van der Waals surface area (Å²) in [5.41, 5.74) is 1.48. The topological polar surface area (TPSA) is 128 Å². The third-order valence-electron chi connectivity index (χ3n) is 5.40. The smallest absolute Gasteiger partial charge is 0.331 e. The number of oxazole rings is 1. The van der Waals surface area contributed by atoms with E-state index in [1.807, 2.05) is 12.1 Å². The number of rotatable bonds is 8. The lowest BCUT2D eigenvalue weighted by atomic mass is 10.2. The first-order chi connectivity index (χ1) is 16.9. The number of carbonyl (C=O) groups excluding carboxylic acids is 2. The molecule has 0 atom stereocenters. The van der Waals surface area contributed by atoms with Crippen molar-refractivity contribution < 1.29 is 31.9 Å². The standard InChI is InChI=1S/C24H25N3O7S/c1-32-20-10-9-17(15-21(20)35(30,31)27-13-5-2-6-14-27)25-22(28)16-33-24(29)12-11-23-26-18-7-3-4-8-19(18)34-23/h3-4,7-12,15H,2,5-6,13-14,16H2,1H3,(H,25,28)/b12-11+. The molecule has 1 aliphatic heterocycles. The van der Waals surface area contributed by atoms with Gasteiger partial charge in [0, 0.05) is 30.9 Å². The molecule has 184 valence electrons. The minimum atomic E-state index is -3.78. The number of esters is 1. The van der Waals surface area contributed by atoms with E-state index in [1.165, 1.54) is 35.7 Å². The van der Waals surface area contributed by atoms with Crippen LogP contribution in [0.5, 0.6) is 5.75 Å². The third-order valence-corrected chi connectivity index (χ3v) is 7.32. The Kier molecular flexibility index (Phi) is 7.47. The highest BCUT2D eigenvalue weighted by molar-refractivity contribution is 7.89. The highest BCUT2D eigenvalue weighted by atomic mass is 32.2. The van der Waals surface area contributed by atoms with Crippen LogP contribution in [0.1, 0.15) is 25.2 Å². The molecule has 0 radical (unpaired) electrons. The first-order valence-electron chi connectivity index (χ1n) is 11.1. The maximum Gasteiger partial charge on any atom is 0.331 e. The van der Waals surface area contributed by atoms with Crippen molar-refractivity contribution in [2.45, 2.75) is 24.2 Å². The average molecular weight is 500 g/mol. The van der Waals surface area contributed by atoms with E-state index in [1.54, 1.807) is 12.1 Å². The fourth-order valence-electron chi connectivity index (χ4n) is 3.68. The number of ether oxygens (including phenoxy) is 2. The fourth-order valence-corrected chi connectivity index (χ4v) is 5.38. The number of amides is 1. The van der Waals surface area contributed by atoms with Crippen LogP contribution >= 0.6 is 0 Å². The summed E-state index contributed by atoms with van der Waals surface area (Å²) >= 11 is 0. The fraction of sp³-hybridized carbons (Fsp3) is 0.292. The van der Waals surface area contributed by atoms with Crippen molar-refractivity contribution in [2.75, 3.05) is 32.1 Å². The molecule has 11 heteroatoms. The number of fused-ring (bicyclic) bond motifs is 1. The molecule has 35 heavy (non-hydrogen) atoms. The Labute approximate surface area is 202 Å². The Hall–Kier alpha value is -3.70. The van der Waals surface area contributed by atoms with Gasteiger partial charge in [0.1, 0.15) is 16.2 Å². The molecule has 2 aromatic carbocycles. The van der Waals surface area contributed by atoms with Gasteiger partial charge in [-0.15, -0.1) is 0 Å². The third kappa shape index (κ3) is 5.87. The second-order valence-corrected chi connectivity index (χ2v) is 9.75. The number of nitrogens with zero attached hydrogens (tertiary/aromatic N) is 2. The van der Waals surface area contributed by atoms with Crippen LogP contribution in [-0.4, -0.2) is 56.4 Å². The number of methoxy groups -OCH3 is 1. The highest BCUT2D eigenvalue weighted by Gasteiger charge is 2.29. The number of anilines is 1. The summed E-state index contributed by atoms with van der Waals surface area (Å²) < 4.78 is 43.3. The van der Waals surface area contributed by atoms with Gasteiger partial charge in [-0.05, 0) is 43.2 Å². The molecule has 1 amide bonds. The number of piperidine rings is 1. The lowest BCUT2D eigenvalue weighted by Crippen LogP contribution is -2.35. The first kappa shape index (κ1) is 24.4. The van der Waals surface area contributed by atoms with E-state index in [0.29, 0.717) is 24.2 Å². The molecule has 1 saturated heterocycles. The minimum absolute atomic E-state index is 0.0297. The second kappa shape index (κ2) is 10.7. The molecule has 1 aromatic heterocycles. The number of nitrogens with one attached hydrogen (secondary N) is 1.